The summed E-state index contributed by atoms with van der Waals surface area (Å²) in [4.78, 5) is 11.6. The molecule has 3 rings (SSSR count). The minimum absolute atomic E-state index is 0.199. The van der Waals surface area contributed by atoms with Gasteiger partial charge in [-0.3, -0.25) is 4.79 Å². The zero-order valence-electron chi connectivity index (χ0n) is 8.84. The topological polar surface area (TPSA) is 54.0 Å². The Morgan fingerprint density at radius 2 is 2.38 bits per heavy atom. The van der Waals surface area contributed by atoms with Crippen molar-refractivity contribution in [2.75, 3.05) is 13.4 Å². The molecule has 0 saturated carbocycles. The summed E-state index contributed by atoms with van der Waals surface area (Å²) in [6.45, 7) is 2.56. The Balaban J connectivity index is 1.93. The van der Waals surface area contributed by atoms with Crippen LogP contribution in [-0.4, -0.2) is 25.7 Å². The van der Waals surface area contributed by atoms with E-state index >= 15 is 0 Å². The second kappa shape index (κ2) is 3.52. The van der Waals surface area contributed by atoms with Gasteiger partial charge < -0.3 is 18.9 Å². The van der Waals surface area contributed by atoms with Crippen molar-refractivity contribution >= 4 is 5.97 Å². The lowest BCUT2D eigenvalue weighted by atomic mass is 9.88. The lowest BCUT2D eigenvalue weighted by Gasteiger charge is -2.21. The van der Waals surface area contributed by atoms with Gasteiger partial charge >= 0.3 is 5.97 Å². The molecule has 5 heteroatoms. The molecule has 86 valence electrons. The summed E-state index contributed by atoms with van der Waals surface area (Å²) in [7, 11) is 0. The van der Waals surface area contributed by atoms with E-state index in [4.69, 9.17) is 18.9 Å². The van der Waals surface area contributed by atoms with Gasteiger partial charge in [0.05, 0.1) is 11.8 Å². The average Bonchev–Trinajstić information content (AvgIpc) is 2.84. The zero-order valence-corrected chi connectivity index (χ0v) is 8.84. The van der Waals surface area contributed by atoms with Crippen LogP contribution in [0.1, 0.15) is 6.92 Å². The molecule has 0 aromatic heterocycles. The Morgan fingerprint density at radius 3 is 3.19 bits per heavy atom. The molecule has 2 heterocycles. The van der Waals surface area contributed by atoms with Crippen molar-refractivity contribution in [3.8, 4) is 0 Å². The molecule has 0 spiro atoms. The van der Waals surface area contributed by atoms with Crippen molar-refractivity contribution in [2.45, 2.75) is 13.2 Å². The molecule has 1 aliphatic carbocycles. The van der Waals surface area contributed by atoms with Gasteiger partial charge in [-0.1, -0.05) is 6.08 Å². The van der Waals surface area contributed by atoms with E-state index in [9.17, 15) is 4.79 Å². The Hall–Kier alpha value is -1.49. The molecule has 0 radical (unpaired) electrons. The Labute approximate surface area is 92.6 Å². The summed E-state index contributed by atoms with van der Waals surface area (Å²) in [6.07, 6.45) is 3.00. The fourth-order valence-corrected chi connectivity index (χ4v) is 2.25. The third kappa shape index (κ3) is 1.24. The number of rotatable bonds is 2. The summed E-state index contributed by atoms with van der Waals surface area (Å²) >= 11 is 0. The fraction of sp³-hybridized carbons (Fsp3) is 0.545. The second-order valence-electron chi connectivity index (χ2n) is 3.81. The average molecular weight is 224 g/mol. The van der Waals surface area contributed by atoms with E-state index in [0.717, 1.165) is 0 Å². The molecule has 3 aliphatic rings. The van der Waals surface area contributed by atoms with Gasteiger partial charge in [-0.05, 0) is 13.0 Å². The molecule has 2 aliphatic heterocycles. The van der Waals surface area contributed by atoms with E-state index in [1.807, 2.05) is 6.92 Å². The van der Waals surface area contributed by atoms with Gasteiger partial charge in [0.1, 0.15) is 0 Å². The van der Waals surface area contributed by atoms with Crippen molar-refractivity contribution in [3.05, 3.63) is 23.7 Å². The third-order valence-corrected chi connectivity index (χ3v) is 2.94. The van der Waals surface area contributed by atoms with Crippen LogP contribution in [0.15, 0.2) is 23.7 Å². The molecule has 5 nitrogen and oxygen atoms in total. The summed E-state index contributed by atoms with van der Waals surface area (Å²) in [5.74, 6) is 0.592. The SMILES string of the molecule is CCOC1OC(=O)C2C=CC3=C(OCO3)C12. The zero-order chi connectivity index (χ0) is 11.1. The molecule has 3 unspecified atom stereocenters. The molecule has 16 heavy (non-hydrogen) atoms. The Morgan fingerprint density at radius 1 is 1.50 bits per heavy atom. The van der Waals surface area contributed by atoms with Crippen LogP contribution in [0.4, 0.5) is 0 Å². The van der Waals surface area contributed by atoms with E-state index in [0.29, 0.717) is 18.1 Å². The van der Waals surface area contributed by atoms with Crippen molar-refractivity contribution in [2.24, 2.45) is 11.8 Å². The second-order valence-corrected chi connectivity index (χ2v) is 3.81. The minimum atomic E-state index is -0.556. The molecule has 0 aromatic rings. The first-order chi connectivity index (χ1) is 7.81. The summed E-state index contributed by atoms with van der Waals surface area (Å²) in [5.41, 5.74) is 0. The van der Waals surface area contributed by atoms with Crippen LogP contribution in [0, 0.1) is 11.8 Å². The molecular weight excluding hydrogens is 212 g/mol. The molecule has 0 amide bonds. The van der Waals surface area contributed by atoms with Crippen molar-refractivity contribution in [1.29, 1.82) is 0 Å². The first kappa shape index (κ1) is 9.72. The van der Waals surface area contributed by atoms with Crippen LogP contribution in [0.2, 0.25) is 0 Å². The third-order valence-electron chi connectivity index (χ3n) is 2.94. The van der Waals surface area contributed by atoms with Crippen molar-refractivity contribution < 1.29 is 23.7 Å². The molecule has 1 fully saturated rings. The highest BCUT2D eigenvalue weighted by Crippen LogP contribution is 2.42. The molecule has 1 saturated heterocycles. The van der Waals surface area contributed by atoms with Crippen molar-refractivity contribution in [3.63, 3.8) is 0 Å². The van der Waals surface area contributed by atoms with Gasteiger partial charge in [-0.25, -0.2) is 0 Å². The van der Waals surface area contributed by atoms with E-state index in [2.05, 4.69) is 0 Å². The standard InChI is InChI=1S/C11H12O5/c1-2-13-11-8-6(10(12)16-11)3-4-7-9(8)15-5-14-7/h3-4,6,8,11H,2,5H2,1H3. The normalized spacial score (nSPS) is 35.3. The number of hydrogen-bond acceptors (Lipinski definition) is 5. The van der Waals surface area contributed by atoms with Crippen LogP contribution in [0.3, 0.4) is 0 Å². The highest BCUT2D eigenvalue weighted by atomic mass is 16.7. The van der Waals surface area contributed by atoms with Gasteiger partial charge in [-0.15, -0.1) is 0 Å². The highest BCUT2D eigenvalue weighted by molar-refractivity contribution is 5.78. The van der Waals surface area contributed by atoms with Crippen LogP contribution in [-0.2, 0) is 23.7 Å². The first-order valence-corrected chi connectivity index (χ1v) is 5.31. The van der Waals surface area contributed by atoms with E-state index in [1.165, 1.54) is 0 Å². The molecule has 0 aromatic carbocycles. The Bertz CT molecular complexity index is 384. The van der Waals surface area contributed by atoms with E-state index in [-0.39, 0.29) is 24.6 Å². The maximum absolute atomic E-state index is 11.6. The smallest absolute Gasteiger partial charge is 0.316 e. The first-order valence-electron chi connectivity index (χ1n) is 5.31. The molecule has 0 N–H and O–H groups in total. The van der Waals surface area contributed by atoms with Crippen LogP contribution in [0.25, 0.3) is 0 Å². The number of esters is 1. The fourth-order valence-electron chi connectivity index (χ4n) is 2.25. The number of ether oxygens (including phenoxy) is 4. The number of hydrogen-bond donors (Lipinski definition) is 0. The number of fused-ring (bicyclic) bond motifs is 2. The quantitative estimate of drug-likeness (QED) is 0.653. The molecule has 0 bridgehead atoms. The highest BCUT2D eigenvalue weighted by Gasteiger charge is 2.50. The lowest BCUT2D eigenvalue weighted by molar-refractivity contribution is -0.166. The summed E-state index contributed by atoms with van der Waals surface area (Å²) < 4.78 is 21.2. The van der Waals surface area contributed by atoms with Gasteiger partial charge in [0.25, 0.3) is 0 Å². The van der Waals surface area contributed by atoms with Crippen molar-refractivity contribution in [1.82, 2.24) is 0 Å². The Kier molecular flexibility index (Phi) is 2.14. The number of cyclic esters (lactones) is 1. The lowest BCUT2D eigenvalue weighted by Crippen LogP contribution is -2.27. The summed E-state index contributed by atoms with van der Waals surface area (Å²) in [6, 6.07) is 0. The van der Waals surface area contributed by atoms with Crippen LogP contribution in [0.5, 0.6) is 0 Å². The molecular formula is C11H12O5. The van der Waals surface area contributed by atoms with E-state index in [1.54, 1.807) is 12.2 Å². The van der Waals surface area contributed by atoms with Gasteiger partial charge in [0, 0.05) is 6.61 Å². The minimum Gasteiger partial charge on any atom is -0.457 e. The van der Waals surface area contributed by atoms with Gasteiger partial charge in [0.15, 0.2) is 11.5 Å². The predicted molar refractivity (Wildman–Crippen MR) is 51.7 cm³/mol. The van der Waals surface area contributed by atoms with E-state index < -0.39 is 6.29 Å². The number of allylic oxidation sites excluding steroid dienone is 1. The largest absolute Gasteiger partial charge is 0.457 e. The maximum atomic E-state index is 11.6. The predicted octanol–water partition coefficient (Wildman–Crippen LogP) is 0.924. The van der Waals surface area contributed by atoms with Crippen LogP contribution >= 0.6 is 0 Å². The van der Waals surface area contributed by atoms with Crippen LogP contribution < -0.4 is 0 Å². The summed E-state index contributed by atoms with van der Waals surface area (Å²) in [5, 5.41) is 0. The van der Waals surface area contributed by atoms with Gasteiger partial charge in [0.2, 0.25) is 13.1 Å². The van der Waals surface area contributed by atoms with Gasteiger partial charge in [-0.2, -0.15) is 0 Å². The number of carbonyl (C=O) groups excluding carboxylic acids is 1. The monoisotopic (exact) mass is 224 g/mol. The maximum Gasteiger partial charge on any atom is 0.316 e. The molecule has 3 atom stereocenters. The number of carbonyl (C=O) groups is 1.